The van der Waals surface area contributed by atoms with Crippen molar-refractivity contribution in [2.75, 3.05) is 0 Å². The van der Waals surface area contributed by atoms with E-state index in [1.165, 1.54) is 10.3 Å². The van der Waals surface area contributed by atoms with Gasteiger partial charge in [-0.1, -0.05) is 30.3 Å². The SMILES string of the molecule is Cc1ccc2nc(-c3ccc(B(O)O)cc3)sc2c1. The van der Waals surface area contributed by atoms with Crippen LogP contribution in [0, 0.1) is 6.92 Å². The predicted molar refractivity (Wildman–Crippen MR) is 79.6 cm³/mol. The zero-order chi connectivity index (χ0) is 13.4. The van der Waals surface area contributed by atoms with Crippen LogP contribution in [0.2, 0.25) is 0 Å². The number of hydrogen-bond donors (Lipinski definition) is 2. The molecular formula is C14H12BNO2S. The van der Waals surface area contributed by atoms with Crippen molar-refractivity contribution in [3.63, 3.8) is 0 Å². The van der Waals surface area contributed by atoms with E-state index in [-0.39, 0.29) is 0 Å². The second-order valence-electron chi connectivity index (χ2n) is 4.49. The summed E-state index contributed by atoms with van der Waals surface area (Å²) in [6, 6.07) is 13.3. The Balaban J connectivity index is 2.03. The Bertz CT molecular complexity index is 722. The van der Waals surface area contributed by atoms with Crippen molar-refractivity contribution in [2.45, 2.75) is 6.92 Å². The standard InChI is InChI=1S/C14H12BNO2S/c1-9-2-7-12-13(8-9)19-14(16-12)10-3-5-11(6-4-10)15(17)18/h2-8,17-18H,1H3. The average Bonchev–Trinajstić information content (AvgIpc) is 2.81. The van der Waals surface area contributed by atoms with Crippen molar-refractivity contribution in [3.8, 4) is 10.6 Å². The summed E-state index contributed by atoms with van der Waals surface area (Å²) in [5.74, 6) is 0. The highest BCUT2D eigenvalue weighted by molar-refractivity contribution is 7.21. The van der Waals surface area contributed by atoms with E-state index in [9.17, 15) is 0 Å². The number of benzene rings is 2. The third kappa shape index (κ3) is 2.40. The van der Waals surface area contributed by atoms with Crippen molar-refractivity contribution in [1.82, 2.24) is 4.98 Å². The van der Waals surface area contributed by atoms with Crippen molar-refractivity contribution < 1.29 is 10.0 Å². The van der Waals surface area contributed by atoms with Crippen LogP contribution in [-0.2, 0) is 0 Å². The molecule has 1 heterocycles. The van der Waals surface area contributed by atoms with E-state index >= 15 is 0 Å². The molecule has 0 amide bonds. The van der Waals surface area contributed by atoms with E-state index in [0.717, 1.165) is 16.1 Å². The quantitative estimate of drug-likeness (QED) is 0.699. The number of nitrogens with zero attached hydrogens (tertiary/aromatic N) is 1. The Labute approximate surface area is 115 Å². The fourth-order valence-corrected chi connectivity index (χ4v) is 3.02. The van der Waals surface area contributed by atoms with Crippen LogP contribution in [0.4, 0.5) is 0 Å². The molecule has 0 saturated carbocycles. The lowest BCUT2D eigenvalue weighted by Crippen LogP contribution is -2.29. The molecule has 19 heavy (non-hydrogen) atoms. The van der Waals surface area contributed by atoms with Crippen LogP contribution >= 0.6 is 11.3 Å². The normalized spacial score (nSPS) is 10.9. The molecule has 0 atom stereocenters. The molecule has 94 valence electrons. The van der Waals surface area contributed by atoms with Crippen LogP contribution in [0.25, 0.3) is 20.8 Å². The minimum atomic E-state index is -1.42. The zero-order valence-electron chi connectivity index (χ0n) is 10.4. The molecule has 3 nitrogen and oxygen atoms in total. The van der Waals surface area contributed by atoms with Gasteiger partial charge < -0.3 is 10.0 Å². The molecule has 0 aliphatic carbocycles. The minimum Gasteiger partial charge on any atom is -0.423 e. The Morgan fingerprint density at radius 1 is 1.05 bits per heavy atom. The molecule has 3 aromatic rings. The summed E-state index contributed by atoms with van der Waals surface area (Å²) in [5.41, 5.74) is 3.70. The van der Waals surface area contributed by atoms with E-state index in [2.05, 4.69) is 24.0 Å². The zero-order valence-corrected chi connectivity index (χ0v) is 11.2. The second kappa shape index (κ2) is 4.77. The van der Waals surface area contributed by atoms with Gasteiger partial charge in [0.05, 0.1) is 10.2 Å². The van der Waals surface area contributed by atoms with Crippen LogP contribution in [-0.4, -0.2) is 22.2 Å². The summed E-state index contributed by atoms with van der Waals surface area (Å²) in [7, 11) is -1.42. The molecule has 2 aromatic carbocycles. The average molecular weight is 269 g/mol. The fraction of sp³-hybridized carbons (Fsp3) is 0.0714. The number of fused-ring (bicyclic) bond motifs is 1. The van der Waals surface area contributed by atoms with Crippen molar-refractivity contribution >= 4 is 34.1 Å². The van der Waals surface area contributed by atoms with E-state index in [1.54, 1.807) is 23.5 Å². The van der Waals surface area contributed by atoms with Gasteiger partial charge in [0.1, 0.15) is 5.01 Å². The van der Waals surface area contributed by atoms with Crippen LogP contribution in [0.15, 0.2) is 42.5 Å². The Hall–Kier alpha value is -1.69. The number of thiazole rings is 1. The summed E-state index contributed by atoms with van der Waals surface area (Å²) in [5, 5.41) is 19.1. The lowest BCUT2D eigenvalue weighted by Gasteiger charge is -2.00. The van der Waals surface area contributed by atoms with Gasteiger partial charge in [0.25, 0.3) is 0 Å². The molecule has 5 heteroatoms. The van der Waals surface area contributed by atoms with Crippen LogP contribution < -0.4 is 5.46 Å². The summed E-state index contributed by atoms with van der Waals surface area (Å²) in [4.78, 5) is 4.59. The molecule has 0 radical (unpaired) electrons. The van der Waals surface area contributed by atoms with E-state index in [1.807, 2.05) is 18.2 Å². The number of aromatic nitrogens is 1. The van der Waals surface area contributed by atoms with Crippen molar-refractivity contribution in [3.05, 3.63) is 48.0 Å². The van der Waals surface area contributed by atoms with Crippen molar-refractivity contribution in [2.24, 2.45) is 0 Å². The fourth-order valence-electron chi connectivity index (χ4n) is 1.95. The maximum Gasteiger partial charge on any atom is 0.488 e. The van der Waals surface area contributed by atoms with Crippen LogP contribution in [0.5, 0.6) is 0 Å². The van der Waals surface area contributed by atoms with E-state index in [4.69, 9.17) is 10.0 Å². The molecule has 0 saturated heterocycles. The highest BCUT2D eigenvalue weighted by atomic mass is 32.1. The van der Waals surface area contributed by atoms with E-state index < -0.39 is 7.12 Å². The smallest absolute Gasteiger partial charge is 0.423 e. The molecule has 0 aliphatic rings. The second-order valence-corrected chi connectivity index (χ2v) is 5.52. The molecule has 0 aliphatic heterocycles. The van der Waals surface area contributed by atoms with Gasteiger partial charge in [-0.15, -0.1) is 11.3 Å². The molecule has 0 bridgehead atoms. The summed E-state index contributed by atoms with van der Waals surface area (Å²) >= 11 is 1.64. The Kier molecular flexibility index (Phi) is 3.10. The lowest BCUT2D eigenvalue weighted by molar-refractivity contribution is 0.426. The predicted octanol–water partition coefficient (Wildman–Crippen LogP) is 1.95. The topological polar surface area (TPSA) is 53.4 Å². The maximum atomic E-state index is 9.07. The highest BCUT2D eigenvalue weighted by Gasteiger charge is 2.11. The highest BCUT2D eigenvalue weighted by Crippen LogP contribution is 2.30. The number of hydrogen-bond acceptors (Lipinski definition) is 4. The minimum absolute atomic E-state index is 0.487. The molecule has 3 rings (SSSR count). The monoisotopic (exact) mass is 269 g/mol. The first-order valence-corrected chi connectivity index (χ1v) is 6.79. The molecular weight excluding hydrogens is 257 g/mol. The first kappa shape index (κ1) is 12.4. The van der Waals surface area contributed by atoms with Gasteiger partial charge in [-0.3, -0.25) is 0 Å². The Morgan fingerprint density at radius 3 is 2.47 bits per heavy atom. The summed E-state index contributed by atoms with van der Waals surface area (Å²) < 4.78 is 1.17. The van der Waals surface area contributed by atoms with Crippen LogP contribution in [0.3, 0.4) is 0 Å². The molecule has 0 unspecified atom stereocenters. The van der Waals surface area contributed by atoms with Crippen LogP contribution in [0.1, 0.15) is 5.56 Å². The van der Waals surface area contributed by atoms with Gasteiger partial charge in [0.15, 0.2) is 0 Å². The first-order valence-electron chi connectivity index (χ1n) is 5.97. The summed E-state index contributed by atoms with van der Waals surface area (Å²) in [6.07, 6.45) is 0. The molecule has 0 spiro atoms. The lowest BCUT2D eigenvalue weighted by atomic mass is 9.80. The number of aryl methyl sites for hydroxylation is 1. The first-order chi connectivity index (χ1) is 9.13. The largest absolute Gasteiger partial charge is 0.488 e. The summed E-state index contributed by atoms with van der Waals surface area (Å²) in [6.45, 7) is 2.07. The van der Waals surface area contributed by atoms with Gasteiger partial charge in [-0.2, -0.15) is 0 Å². The molecule has 0 fully saturated rings. The maximum absolute atomic E-state index is 9.07. The number of rotatable bonds is 2. The molecule has 2 N–H and O–H groups in total. The van der Waals surface area contributed by atoms with Gasteiger partial charge >= 0.3 is 7.12 Å². The molecule has 1 aromatic heterocycles. The third-order valence-electron chi connectivity index (χ3n) is 3.00. The van der Waals surface area contributed by atoms with Gasteiger partial charge in [-0.25, -0.2) is 4.98 Å². The Morgan fingerprint density at radius 2 is 1.79 bits per heavy atom. The van der Waals surface area contributed by atoms with Crippen molar-refractivity contribution in [1.29, 1.82) is 0 Å². The van der Waals surface area contributed by atoms with Gasteiger partial charge in [-0.05, 0) is 30.1 Å². The van der Waals surface area contributed by atoms with Gasteiger partial charge in [0, 0.05) is 5.56 Å². The van der Waals surface area contributed by atoms with E-state index in [0.29, 0.717) is 5.46 Å². The third-order valence-corrected chi connectivity index (χ3v) is 4.07. The van der Waals surface area contributed by atoms with Gasteiger partial charge in [0.2, 0.25) is 0 Å².